The quantitative estimate of drug-likeness (QED) is 0.870. The summed E-state index contributed by atoms with van der Waals surface area (Å²) in [5.41, 5.74) is 0.230. The van der Waals surface area contributed by atoms with Crippen LogP contribution in [0.5, 0.6) is 5.75 Å². The average molecular weight is 330 g/mol. The van der Waals surface area contributed by atoms with E-state index >= 15 is 0 Å². The third-order valence-electron chi connectivity index (χ3n) is 4.40. The molecule has 0 unspecified atom stereocenters. The van der Waals surface area contributed by atoms with E-state index in [-0.39, 0.29) is 5.91 Å². The number of amides is 1. The van der Waals surface area contributed by atoms with Gasteiger partial charge in [0, 0.05) is 26.1 Å². The summed E-state index contributed by atoms with van der Waals surface area (Å²) in [4.78, 5) is 12.7. The number of carbonyl (C=O) groups excluding carboxylic acids is 1. The number of rotatable bonds is 6. The van der Waals surface area contributed by atoms with Gasteiger partial charge in [-0.1, -0.05) is 39.0 Å². The number of nitrogens with zero attached hydrogens (tertiary/aromatic N) is 1. The molecule has 24 heavy (non-hydrogen) atoms. The van der Waals surface area contributed by atoms with E-state index in [9.17, 15) is 10.1 Å². The monoisotopic (exact) mass is 330 g/mol. The van der Waals surface area contributed by atoms with Crippen LogP contribution in [0, 0.1) is 11.3 Å². The van der Waals surface area contributed by atoms with Crippen LogP contribution in [-0.4, -0.2) is 30.8 Å². The maximum Gasteiger partial charge on any atom is 0.262 e. The molecule has 0 aliphatic carbocycles. The highest BCUT2D eigenvalue weighted by atomic mass is 16.5. The van der Waals surface area contributed by atoms with Gasteiger partial charge in [-0.2, -0.15) is 5.26 Å². The number of nitrogens with one attached hydrogen (secondary N) is 1. The molecule has 1 heterocycles. The maximum atomic E-state index is 12.7. The first-order valence-corrected chi connectivity index (χ1v) is 8.58. The lowest BCUT2D eigenvalue weighted by Crippen LogP contribution is -2.54. The lowest BCUT2D eigenvalue weighted by Gasteiger charge is -2.33. The van der Waals surface area contributed by atoms with Gasteiger partial charge in [0.15, 0.2) is 6.10 Å². The van der Waals surface area contributed by atoms with Gasteiger partial charge in [0.25, 0.3) is 5.91 Å². The van der Waals surface area contributed by atoms with Crippen molar-refractivity contribution in [3.8, 4) is 11.8 Å². The van der Waals surface area contributed by atoms with Crippen LogP contribution >= 0.6 is 0 Å². The van der Waals surface area contributed by atoms with E-state index in [0.29, 0.717) is 38.4 Å². The highest BCUT2D eigenvalue weighted by molar-refractivity contribution is 5.82. The zero-order valence-electron chi connectivity index (χ0n) is 14.7. The number of carbonyl (C=O) groups is 1. The van der Waals surface area contributed by atoms with Crippen LogP contribution in [0.25, 0.3) is 0 Å². The van der Waals surface area contributed by atoms with Gasteiger partial charge in [0.2, 0.25) is 0 Å². The normalized spacial score (nSPS) is 17.8. The van der Waals surface area contributed by atoms with Crippen LogP contribution in [0.1, 0.15) is 51.5 Å². The zero-order chi connectivity index (χ0) is 17.6. The SMILES string of the molecule is CC[C@H](Oc1ccccc1C(C)C)C(=O)NC1(C#N)CCOCC1. The van der Waals surface area contributed by atoms with E-state index in [1.54, 1.807) is 0 Å². The molecule has 0 bridgehead atoms. The Balaban J connectivity index is 2.11. The minimum Gasteiger partial charge on any atom is -0.480 e. The Kier molecular flexibility index (Phi) is 6.22. The molecule has 2 rings (SSSR count). The molecule has 130 valence electrons. The van der Waals surface area contributed by atoms with Gasteiger partial charge in [-0.15, -0.1) is 0 Å². The molecule has 1 aromatic rings. The van der Waals surface area contributed by atoms with Gasteiger partial charge in [-0.25, -0.2) is 0 Å². The molecule has 5 nitrogen and oxygen atoms in total. The molecule has 1 fully saturated rings. The summed E-state index contributed by atoms with van der Waals surface area (Å²) < 4.78 is 11.3. The summed E-state index contributed by atoms with van der Waals surface area (Å²) in [6.45, 7) is 7.07. The van der Waals surface area contributed by atoms with Gasteiger partial charge in [0.05, 0.1) is 6.07 Å². The van der Waals surface area contributed by atoms with Crippen molar-refractivity contribution in [2.24, 2.45) is 0 Å². The minimum absolute atomic E-state index is 0.237. The fourth-order valence-electron chi connectivity index (χ4n) is 2.84. The number of hydrogen-bond donors (Lipinski definition) is 1. The number of hydrogen-bond acceptors (Lipinski definition) is 4. The summed E-state index contributed by atoms with van der Waals surface area (Å²) in [6, 6.07) is 10.0. The van der Waals surface area contributed by atoms with Crippen LogP contribution in [-0.2, 0) is 9.53 Å². The Labute approximate surface area is 144 Å². The summed E-state index contributed by atoms with van der Waals surface area (Å²) >= 11 is 0. The molecule has 0 saturated carbocycles. The molecule has 1 amide bonds. The molecule has 0 radical (unpaired) electrons. The second-order valence-corrected chi connectivity index (χ2v) is 6.50. The Hall–Kier alpha value is -2.06. The topological polar surface area (TPSA) is 71.3 Å². The molecule has 1 aromatic carbocycles. The molecule has 1 atom stereocenters. The maximum absolute atomic E-state index is 12.7. The van der Waals surface area contributed by atoms with Crippen molar-refractivity contribution in [1.82, 2.24) is 5.32 Å². The number of ether oxygens (including phenoxy) is 2. The molecule has 1 N–H and O–H groups in total. The van der Waals surface area contributed by atoms with Crippen molar-refractivity contribution in [2.45, 2.75) is 57.6 Å². The van der Waals surface area contributed by atoms with Crippen LogP contribution in [0.3, 0.4) is 0 Å². The molecular weight excluding hydrogens is 304 g/mol. The molecule has 1 aliphatic rings. The molecule has 5 heteroatoms. The summed E-state index contributed by atoms with van der Waals surface area (Å²) in [6.07, 6.45) is 0.941. The van der Waals surface area contributed by atoms with Crippen molar-refractivity contribution in [3.63, 3.8) is 0 Å². The molecule has 0 aromatic heterocycles. The number of nitriles is 1. The van der Waals surface area contributed by atoms with Crippen molar-refractivity contribution >= 4 is 5.91 Å². The third kappa shape index (κ3) is 4.27. The predicted octanol–water partition coefficient (Wildman–Crippen LogP) is 3.16. The Morgan fingerprint density at radius 2 is 2.04 bits per heavy atom. The molecule has 1 saturated heterocycles. The summed E-state index contributed by atoms with van der Waals surface area (Å²) in [5, 5.41) is 12.4. The molecule has 0 spiro atoms. The highest BCUT2D eigenvalue weighted by Crippen LogP contribution is 2.27. The zero-order valence-corrected chi connectivity index (χ0v) is 14.7. The molecule has 1 aliphatic heterocycles. The lowest BCUT2D eigenvalue weighted by atomic mass is 9.91. The first kappa shape index (κ1) is 18.3. The standard InChI is InChI=1S/C19H26N2O3/c1-4-16(24-17-8-6-5-7-15(17)14(2)3)18(22)21-19(13-20)9-11-23-12-10-19/h5-8,14,16H,4,9-12H2,1-3H3,(H,21,22)/t16-/m0/s1. The second kappa shape index (κ2) is 8.16. The number of para-hydroxylation sites is 1. The van der Waals surface area contributed by atoms with E-state index in [4.69, 9.17) is 9.47 Å². The summed E-state index contributed by atoms with van der Waals surface area (Å²) in [5.74, 6) is 0.801. The van der Waals surface area contributed by atoms with Gasteiger partial charge in [0.1, 0.15) is 11.3 Å². The van der Waals surface area contributed by atoms with Crippen LogP contribution in [0.15, 0.2) is 24.3 Å². The second-order valence-electron chi connectivity index (χ2n) is 6.50. The van der Waals surface area contributed by atoms with E-state index in [2.05, 4.69) is 25.2 Å². The Morgan fingerprint density at radius 3 is 2.62 bits per heavy atom. The summed E-state index contributed by atoms with van der Waals surface area (Å²) in [7, 11) is 0. The third-order valence-corrected chi connectivity index (χ3v) is 4.40. The van der Waals surface area contributed by atoms with Gasteiger partial charge in [-0.3, -0.25) is 4.79 Å². The van der Waals surface area contributed by atoms with E-state index in [1.165, 1.54) is 0 Å². The van der Waals surface area contributed by atoms with Crippen LogP contribution < -0.4 is 10.1 Å². The fraction of sp³-hybridized carbons (Fsp3) is 0.579. The van der Waals surface area contributed by atoms with Crippen molar-refractivity contribution in [3.05, 3.63) is 29.8 Å². The largest absolute Gasteiger partial charge is 0.480 e. The van der Waals surface area contributed by atoms with Gasteiger partial charge in [-0.05, 0) is 24.0 Å². The van der Waals surface area contributed by atoms with Gasteiger partial charge < -0.3 is 14.8 Å². The smallest absolute Gasteiger partial charge is 0.262 e. The van der Waals surface area contributed by atoms with E-state index in [1.807, 2.05) is 31.2 Å². The first-order chi connectivity index (χ1) is 11.5. The first-order valence-electron chi connectivity index (χ1n) is 8.58. The Morgan fingerprint density at radius 1 is 1.38 bits per heavy atom. The highest BCUT2D eigenvalue weighted by Gasteiger charge is 2.36. The van der Waals surface area contributed by atoms with Crippen LogP contribution in [0.4, 0.5) is 0 Å². The fourth-order valence-corrected chi connectivity index (χ4v) is 2.84. The van der Waals surface area contributed by atoms with Crippen molar-refractivity contribution < 1.29 is 14.3 Å². The average Bonchev–Trinajstić information content (AvgIpc) is 2.60. The Bertz CT molecular complexity index is 601. The van der Waals surface area contributed by atoms with Crippen molar-refractivity contribution in [2.75, 3.05) is 13.2 Å². The van der Waals surface area contributed by atoms with E-state index < -0.39 is 11.6 Å². The van der Waals surface area contributed by atoms with Crippen molar-refractivity contribution in [1.29, 1.82) is 5.26 Å². The lowest BCUT2D eigenvalue weighted by molar-refractivity contribution is -0.130. The predicted molar refractivity (Wildman–Crippen MR) is 91.8 cm³/mol. The molecular formula is C19H26N2O3. The minimum atomic E-state index is -0.844. The number of benzene rings is 1. The van der Waals surface area contributed by atoms with Crippen LogP contribution in [0.2, 0.25) is 0 Å². The van der Waals surface area contributed by atoms with Gasteiger partial charge >= 0.3 is 0 Å². The van der Waals surface area contributed by atoms with E-state index in [0.717, 1.165) is 11.3 Å².